The zero-order chi connectivity index (χ0) is 22.1. The van der Waals surface area contributed by atoms with E-state index < -0.39 is 0 Å². The van der Waals surface area contributed by atoms with Crippen LogP contribution in [0.15, 0.2) is 34.2 Å². The predicted molar refractivity (Wildman–Crippen MR) is 124 cm³/mol. The number of rotatable bonds is 4. The third-order valence-corrected chi connectivity index (χ3v) is 6.88. The van der Waals surface area contributed by atoms with Crippen molar-refractivity contribution >= 4 is 29.0 Å². The van der Waals surface area contributed by atoms with Crippen LogP contribution in [0.25, 0.3) is 10.6 Å². The van der Waals surface area contributed by atoms with Crippen molar-refractivity contribution < 1.29 is 9.32 Å². The van der Waals surface area contributed by atoms with E-state index in [1.54, 1.807) is 17.4 Å². The van der Waals surface area contributed by atoms with Gasteiger partial charge in [-0.15, -0.1) is 11.3 Å². The van der Waals surface area contributed by atoms with Crippen LogP contribution < -0.4 is 9.80 Å². The van der Waals surface area contributed by atoms with E-state index >= 15 is 0 Å². The maximum atomic E-state index is 12.9. The summed E-state index contributed by atoms with van der Waals surface area (Å²) >= 11 is 1.56. The Bertz CT molecular complexity index is 1070. The van der Waals surface area contributed by atoms with E-state index in [4.69, 9.17) is 9.51 Å². The highest BCUT2D eigenvalue weighted by Gasteiger charge is 2.27. The topological polar surface area (TPSA) is 81.8 Å². The summed E-state index contributed by atoms with van der Waals surface area (Å²) in [4.78, 5) is 32.1. The molecule has 0 aliphatic carbocycles. The van der Waals surface area contributed by atoms with Crippen molar-refractivity contribution in [1.29, 1.82) is 0 Å². The van der Waals surface area contributed by atoms with E-state index in [0.717, 1.165) is 48.5 Å². The number of amides is 1. The molecule has 2 aliphatic rings. The van der Waals surface area contributed by atoms with Crippen LogP contribution in [-0.2, 0) is 0 Å². The average Bonchev–Trinajstić information content (AvgIpc) is 3.51. The summed E-state index contributed by atoms with van der Waals surface area (Å²) in [5.41, 5.74) is 1.32. The van der Waals surface area contributed by atoms with Gasteiger partial charge in [-0.2, -0.15) is 4.98 Å². The van der Waals surface area contributed by atoms with Crippen LogP contribution in [0.3, 0.4) is 0 Å². The Morgan fingerprint density at radius 1 is 1.00 bits per heavy atom. The van der Waals surface area contributed by atoms with Crippen molar-refractivity contribution in [2.24, 2.45) is 0 Å². The molecule has 0 saturated carbocycles. The van der Waals surface area contributed by atoms with Crippen molar-refractivity contribution in [1.82, 2.24) is 24.9 Å². The molecule has 0 atom stereocenters. The van der Waals surface area contributed by atoms with Crippen molar-refractivity contribution in [3.8, 4) is 10.6 Å². The molecular formula is C22H27N7O2S. The van der Waals surface area contributed by atoms with Crippen LogP contribution in [0.1, 0.15) is 16.2 Å². The average molecular weight is 454 g/mol. The van der Waals surface area contributed by atoms with Gasteiger partial charge in [-0.05, 0) is 25.4 Å². The Morgan fingerprint density at radius 3 is 2.47 bits per heavy atom. The van der Waals surface area contributed by atoms with Gasteiger partial charge in [-0.1, -0.05) is 11.2 Å². The van der Waals surface area contributed by atoms with Crippen LogP contribution in [-0.4, -0.2) is 90.2 Å². The van der Waals surface area contributed by atoms with Crippen LogP contribution in [0.4, 0.5) is 11.8 Å². The standard InChI is InChI=1S/C22H27N7O2S/c1-16-14-20(27-7-5-26(2)6-8-27)24-22(23-16)29-11-9-28(10-12-29)21(30)17-15-18(31-25-17)19-4-3-13-32-19/h3-4,13-15H,5-12H2,1-2H3. The van der Waals surface area contributed by atoms with Gasteiger partial charge in [0.2, 0.25) is 5.95 Å². The fraction of sp³-hybridized carbons (Fsp3) is 0.455. The third-order valence-electron chi connectivity index (χ3n) is 6.00. The van der Waals surface area contributed by atoms with Gasteiger partial charge in [0.15, 0.2) is 11.5 Å². The van der Waals surface area contributed by atoms with Crippen LogP contribution in [0.5, 0.6) is 0 Å². The molecule has 0 spiro atoms. The highest BCUT2D eigenvalue weighted by atomic mass is 32.1. The number of aromatic nitrogens is 3. The number of piperazine rings is 2. The number of nitrogens with zero attached hydrogens (tertiary/aromatic N) is 7. The number of thiophene rings is 1. The Morgan fingerprint density at radius 2 is 1.75 bits per heavy atom. The van der Waals surface area contributed by atoms with Gasteiger partial charge in [0.05, 0.1) is 4.88 Å². The molecule has 3 aromatic rings. The Labute approximate surface area is 191 Å². The molecular weight excluding hydrogens is 426 g/mol. The molecule has 0 bridgehead atoms. The Kier molecular flexibility index (Phi) is 5.79. The molecule has 5 heterocycles. The highest BCUT2D eigenvalue weighted by molar-refractivity contribution is 7.13. The molecule has 2 fully saturated rings. The zero-order valence-corrected chi connectivity index (χ0v) is 19.2. The molecule has 0 N–H and O–H groups in total. The lowest BCUT2D eigenvalue weighted by Gasteiger charge is -2.36. The molecule has 10 heteroatoms. The monoisotopic (exact) mass is 453 g/mol. The van der Waals surface area contributed by atoms with E-state index in [1.807, 2.05) is 29.3 Å². The lowest BCUT2D eigenvalue weighted by atomic mass is 10.2. The number of hydrogen-bond donors (Lipinski definition) is 0. The minimum atomic E-state index is -0.0977. The van der Waals surface area contributed by atoms with Crippen molar-refractivity contribution in [3.63, 3.8) is 0 Å². The number of anilines is 2. The summed E-state index contributed by atoms with van der Waals surface area (Å²) in [6, 6.07) is 7.69. The third kappa shape index (κ3) is 4.33. The predicted octanol–water partition coefficient (Wildman–Crippen LogP) is 2.22. The molecule has 2 saturated heterocycles. The first-order chi connectivity index (χ1) is 15.6. The molecule has 2 aliphatic heterocycles. The molecule has 9 nitrogen and oxygen atoms in total. The summed E-state index contributed by atoms with van der Waals surface area (Å²) in [6.45, 7) is 8.60. The Balaban J connectivity index is 1.23. The fourth-order valence-electron chi connectivity index (χ4n) is 4.06. The number of aryl methyl sites for hydroxylation is 1. The summed E-state index contributed by atoms with van der Waals surface area (Å²) in [7, 11) is 2.15. The van der Waals surface area contributed by atoms with Gasteiger partial charge < -0.3 is 24.1 Å². The minimum absolute atomic E-state index is 0.0977. The maximum absolute atomic E-state index is 12.9. The van der Waals surface area contributed by atoms with Crippen molar-refractivity contribution in [2.75, 3.05) is 69.2 Å². The number of carbonyl (C=O) groups is 1. The quantitative estimate of drug-likeness (QED) is 0.595. The summed E-state index contributed by atoms with van der Waals surface area (Å²) in [5, 5.41) is 5.97. The molecule has 0 radical (unpaired) electrons. The van der Waals surface area contributed by atoms with Crippen molar-refractivity contribution in [2.45, 2.75) is 6.92 Å². The van der Waals surface area contributed by atoms with Crippen LogP contribution in [0.2, 0.25) is 0 Å². The van der Waals surface area contributed by atoms with Gasteiger partial charge in [-0.25, -0.2) is 4.98 Å². The maximum Gasteiger partial charge on any atom is 0.276 e. The number of likely N-dealkylation sites (N-methyl/N-ethyl adjacent to an activating group) is 1. The smallest absolute Gasteiger partial charge is 0.276 e. The van der Waals surface area contributed by atoms with Crippen LogP contribution >= 0.6 is 11.3 Å². The first kappa shape index (κ1) is 20.9. The first-order valence-corrected chi connectivity index (χ1v) is 11.8. The van der Waals surface area contributed by atoms with E-state index in [1.165, 1.54) is 0 Å². The summed E-state index contributed by atoms with van der Waals surface area (Å²) in [5.74, 6) is 2.27. The molecule has 0 unspecified atom stereocenters. The van der Waals surface area contributed by atoms with Crippen LogP contribution in [0, 0.1) is 6.92 Å². The number of carbonyl (C=O) groups excluding carboxylic acids is 1. The molecule has 0 aromatic carbocycles. The van der Waals surface area contributed by atoms with Gasteiger partial charge in [0.1, 0.15) is 5.82 Å². The van der Waals surface area contributed by atoms with Crippen molar-refractivity contribution in [3.05, 3.63) is 41.0 Å². The molecule has 32 heavy (non-hydrogen) atoms. The molecule has 168 valence electrons. The lowest BCUT2D eigenvalue weighted by Crippen LogP contribution is -2.49. The van der Waals surface area contributed by atoms with E-state index in [2.05, 4.69) is 38.0 Å². The zero-order valence-electron chi connectivity index (χ0n) is 18.4. The second-order valence-corrected chi connectivity index (χ2v) is 9.24. The van der Waals surface area contributed by atoms with Gasteiger partial charge >= 0.3 is 0 Å². The first-order valence-electron chi connectivity index (χ1n) is 10.9. The van der Waals surface area contributed by atoms with Gasteiger partial charge in [-0.3, -0.25) is 4.79 Å². The summed E-state index contributed by atoms with van der Waals surface area (Å²) < 4.78 is 5.38. The van der Waals surface area contributed by atoms with Gasteiger partial charge in [0.25, 0.3) is 5.91 Å². The summed E-state index contributed by atoms with van der Waals surface area (Å²) in [6.07, 6.45) is 0. The highest BCUT2D eigenvalue weighted by Crippen LogP contribution is 2.26. The normalized spacial score (nSPS) is 17.8. The molecule has 5 rings (SSSR count). The molecule has 1 amide bonds. The fourth-order valence-corrected chi connectivity index (χ4v) is 4.73. The number of hydrogen-bond acceptors (Lipinski definition) is 9. The van der Waals surface area contributed by atoms with E-state index in [0.29, 0.717) is 37.6 Å². The van der Waals surface area contributed by atoms with Gasteiger partial charge in [0, 0.05) is 70.2 Å². The lowest BCUT2D eigenvalue weighted by molar-refractivity contribution is 0.0736. The largest absolute Gasteiger partial charge is 0.355 e. The second-order valence-electron chi connectivity index (χ2n) is 8.29. The Hall–Kier alpha value is -2.98. The molecule has 3 aromatic heterocycles. The second kappa shape index (κ2) is 8.87. The van der Waals surface area contributed by atoms with E-state index in [-0.39, 0.29) is 5.91 Å². The SMILES string of the molecule is Cc1cc(N2CCN(C)CC2)nc(N2CCN(C(=O)c3cc(-c4cccs4)on3)CC2)n1. The minimum Gasteiger partial charge on any atom is -0.355 e. The van der Waals surface area contributed by atoms with E-state index in [9.17, 15) is 4.79 Å².